The van der Waals surface area contributed by atoms with Crippen LogP contribution in [-0.4, -0.2) is 12.3 Å². The second-order valence-electron chi connectivity index (χ2n) is 4.42. The van der Waals surface area contributed by atoms with Crippen LogP contribution in [-0.2, 0) is 4.79 Å². The van der Waals surface area contributed by atoms with Crippen molar-refractivity contribution >= 4 is 5.78 Å². The Hall–Kier alpha value is -0.370. The molecular formula is C11H21NO. The quantitative estimate of drug-likeness (QED) is 0.685. The van der Waals surface area contributed by atoms with Gasteiger partial charge in [0.15, 0.2) is 0 Å². The van der Waals surface area contributed by atoms with Crippen LogP contribution in [0, 0.1) is 11.8 Å². The molecule has 1 aliphatic carbocycles. The van der Waals surface area contributed by atoms with Crippen LogP contribution in [0.25, 0.3) is 0 Å². The van der Waals surface area contributed by atoms with Gasteiger partial charge in [-0.3, -0.25) is 4.79 Å². The molecule has 1 saturated carbocycles. The molecular weight excluding hydrogens is 162 g/mol. The zero-order valence-electron chi connectivity index (χ0n) is 8.59. The second kappa shape index (κ2) is 5.38. The number of carbonyl (C=O) groups excluding carboxylic acids is 1. The van der Waals surface area contributed by atoms with Crippen molar-refractivity contribution in [1.82, 2.24) is 0 Å². The van der Waals surface area contributed by atoms with Crippen LogP contribution in [0.3, 0.4) is 0 Å². The van der Waals surface area contributed by atoms with Crippen LogP contribution >= 0.6 is 0 Å². The molecule has 2 heteroatoms. The molecule has 2 N–H and O–H groups in total. The van der Waals surface area contributed by atoms with E-state index in [0.717, 1.165) is 25.2 Å². The summed E-state index contributed by atoms with van der Waals surface area (Å²) in [6.07, 6.45) is 6.43. The number of Topliss-reactive ketones (excluding diaryl/α,β-unsaturated/α-hetero) is 1. The molecule has 1 rings (SSSR count). The summed E-state index contributed by atoms with van der Waals surface area (Å²) in [6.45, 7) is 2.81. The lowest BCUT2D eigenvalue weighted by Crippen LogP contribution is -2.17. The Morgan fingerprint density at radius 3 is 2.69 bits per heavy atom. The van der Waals surface area contributed by atoms with Gasteiger partial charge in [-0.05, 0) is 24.8 Å². The number of hydrogen-bond donors (Lipinski definition) is 1. The smallest absolute Gasteiger partial charge is 0.133 e. The lowest BCUT2D eigenvalue weighted by Gasteiger charge is -2.24. The minimum absolute atomic E-state index is 0.449. The highest BCUT2D eigenvalue weighted by Gasteiger charge is 2.20. The fraction of sp³-hybridized carbons (Fsp3) is 0.909. The first-order valence-corrected chi connectivity index (χ1v) is 5.44. The first kappa shape index (κ1) is 10.7. The monoisotopic (exact) mass is 183 g/mol. The van der Waals surface area contributed by atoms with Crippen molar-refractivity contribution in [1.29, 1.82) is 0 Å². The van der Waals surface area contributed by atoms with Crippen LogP contribution in [0.5, 0.6) is 0 Å². The molecule has 0 amide bonds. The van der Waals surface area contributed by atoms with Crippen molar-refractivity contribution in [3.8, 4) is 0 Å². The van der Waals surface area contributed by atoms with Crippen LogP contribution in [0.15, 0.2) is 0 Å². The summed E-state index contributed by atoms with van der Waals surface area (Å²) >= 11 is 0. The Bertz CT molecular complexity index is 163. The maximum Gasteiger partial charge on any atom is 0.133 e. The summed E-state index contributed by atoms with van der Waals surface area (Å²) in [6, 6.07) is 0. The third kappa shape index (κ3) is 3.90. The second-order valence-corrected chi connectivity index (χ2v) is 4.42. The minimum atomic E-state index is 0.449. The van der Waals surface area contributed by atoms with E-state index in [1.807, 2.05) is 0 Å². The molecule has 0 radical (unpaired) electrons. The third-order valence-corrected chi connectivity index (χ3v) is 3.06. The van der Waals surface area contributed by atoms with E-state index in [1.165, 1.54) is 19.3 Å². The summed E-state index contributed by atoms with van der Waals surface area (Å²) < 4.78 is 0. The predicted molar refractivity (Wildman–Crippen MR) is 54.4 cm³/mol. The van der Waals surface area contributed by atoms with Gasteiger partial charge in [-0.2, -0.15) is 0 Å². The molecule has 0 spiro atoms. The SMILES string of the molecule is CC(CN)CCC(=O)CC1CCC1. The molecule has 76 valence electrons. The number of nitrogens with two attached hydrogens (primary N) is 1. The standard InChI is InChI=1S/C11H21NO/c1-9(8-12)5-6-11(13)7-10-3-2-4-10/h9-10H,2-8,12H2,1H3. The van der Waals surface area contributed by atoms with Crippen LogP contribution in [0.4, 0.5) is 0 Å². The molecule has 2 nitrogen and oxygen atoms in total. The largest absolute Gasteiger partial charge is 0.330 e. The molecule has 13 heavy (non-hydrogen) atoms. The highest BCUT2D eigenvalue weighted by Crippen LogP contribution is 2.30. The van der Waals surface area contributed by atoms with Crippen molar-refractivity contribution in [2.75, 3.05) is 6.54 Å². The zero-order valence-corrected chi connectivity index (χ0v) is 8.59. The maximum absolute atomic E-state index is 11.4. The molecule has 1 atom stereocenters. The van der Waals surface area contributed by atoms with Gasteiger partial charge in [0, 0.05) is 12.8 Å². The molecule has 1 fully saturated rings. The van der Waals surface area contributed by atoms with E-state index in [4.69, 9.17) is 5.73 Å². The van der Waals surface area contributed by atoms with Crippen molar-refractivity contribution in [3.63, 3.8) is 0 Å². The average molecular weight is 183 g/mol. The van der Waals surface area contributed by atoms with E-state index < -0.39 is 0 Å². The van der Waals surface area contributed by atoms with Crippen molar-refractivity contribution < 1.29 is 4.79 Å². The number of ketones is 1. The normalized spacial score (nSPS) is 19.5. The van der Waals surface area contributed by atoms with Crippen molar-refractivity contribution in [2.24, 2.45) is 17.6 Å². The topological polar surface area (TPSA) is 43.1 Å². The first-order valence-electron chi connectivity index (χ1n) is 5.44. The zero-order chi connectivity index (χ0) is 9.68. The first-order chi connectivity index (χ1) is 6.22. The van der Waals surface area contributed by atoms with Crippen LogP contribution in [0.1, 0.15) is 45.4 Å². The van der Waals surface area contributed by atoms with Crippen LogP contribution in [0.2, 0.25) is 0 Å². The number of hydrogen-bond acceptors (Lipinski definition) is 2. The molecule has 0 bridgehead atoms. The average Bonchev–Trinajstić information content (AvgIpc) is 2.07. The molecule has 0 saturated heterocycles. The van der Waals surface area contributed by atoms with Gasteiger partial charge in [-0.25, -0.2) is 0 Å². The molecule has 1 aliphatic rings. The predicted octanol–water partition coefficient (Wildman–Crippen LogP) is 2.12. The summed E-state index contributed by atoms with van der Waals surface area (Å²) in [5, 5.41) is 0. The molecule has 1 unspecified atom stereocenters. The molecule has 0 aromatic carbocycles. The van der Waals surface area contributed by atoms with Gasteiger partial charge >= 0.3 is 0 Å². The fourth-order valence-corrected chi connectivity index (χ4v) is 1.65. The van der Waals surface area contributed by atoms with E-state index in [1.54, 1.807) is 0 Å². The summed E-state index contributed by atoms with van der Waals surface area (Å²) in [5.74, 6) is 1.68. The maximum atomic E-state index is 11.4. The Morgan fingerprint density at radius 2 is 2.23 bits per heavy atom. The lowest BCUT2D eigenvalue weighted by molar-refractivity contribution is -0.120. The molecule has 0 heterocycles. The van der Waals surface area contributed by atoms with E-state index in [2.05, 4.69) is 6.92 Å². The number of carbonyl (C=O) groups is 1. The third-order valence-electron chi connectivity index (χ3n) is 3.06. The summed E-state index contributed by atoms with van der Waals surface area (Å²) in [5.41, 5.74) is 5.49. The molecule has 0 aromatic rings. The lowest BCUT2D eigenvalue weighted by atomic mass is 9.81. The van der Waals surface area contributed by atoms with Crippen molar-refractivity contribution in [2.45, 2.75) is 45.4 Å². The Balaban J connectivity index is 2.03. The van der Waals surface area contributed by atoms with E-state index in [9.17, 15) is 4.79 Å². The highest BCUT2D eigenvalue weighted by atomic mass is 16.1. The summed E-state index contributed by atoms with van der Waals surface area (Å²) in [7, 11) is 0. The minimum Gasteiger partial charge on any atom is -0.330 e. The summed E-state index contributed by atoms with van der Waals surface area (Å²) in [4.78, 5) is 11.4. The molecule has 0 aromatic heterocycles. The Kier molecular flexibility index (Phi) is 4.43. The van der Waals surface area contributed by atoms with Gasteiger partial charge in [0.05, 0.1) is 0 Å². The van der Waals surface area contributed by atoms with Gasteiger partial charge in [0.25, 0.3) is 0 Å². The Morgan fingerprint density at radius 1 is 1.54 bits per heavy atom. The Labute approximate surface area is 80.9 Å². The number of rotatable bonds is 6. The van der Waals surface area contributed by atoms with Gasteiger partial charge in [-0.1, -0.05) is 26.2 Å². The van der Waals surface area contributed by atoms with Gasteiger partial charge in [-0.15, -0.1) is 0 Å². The molecule has 0 aliphatic heterocycles. The van der Waals surface area contributed by atoms with Gasteiger partial charge in [0.1, 0.15) is 5.78 Å². The highest BCUT2D eigenvalue weighted by molar-refractivity contribution is 5.78. The van der Waals surface area contributed by atoms with Gasteiger partial charge < -0.3 is 5.73 Å². The van der Waals surface area contributed by atoms with Crippen molar-refractivity contribution in [3.05, 3.63) is 0 Å². The fourth-order valence-electron chi connectivity index (χ4n) is 1.65. The van der Waals surface area contributed by atoms with E-state index >= 15 is 0 Å². The van der Waals surface area contributed by atoms with E-state index in [0.29, 0.717) is 18.2 Å². The van der Waals surface area contributed by atoms with E-state index in [-0.39, 0.29) is 0 Å². The van der Waals surface area contributed by atoms with Crippen LogP contribution < -0.4 is 5.73 Å². The van der Waals surface area contributed by atoms with Gasteiger partial charge in [0.2, 0.25) is 0 Å².